The second-order valence-electron chi connectivity index (χ2n) is 8.05. The van der Waals surface area contributed by atoms with Crippen LogP contribution in [-0.4, -0.2) is 32.8 Å². The third-order valence-electron chi connectivity index (χ3n) is 5.88. The third-order valence-corrected chi connectivity index (χ3v) is 5.88. The lowest BCUT2D eigenvalue weighted by atomic mass is 10.0. The van der Waals surface area contributed by atoms with Gasteiger partial charge in [-0.1, -0.05) is 18.2 Å². The molecule has 0 bridgehead atoms. The van der Waals surface area contributed by atoms with E-state index in [4.69, 9.17) is 4.98 Å². The molecule has 0 saturated heterocycles. The van der Waals surface area contributed by atoms with Gasteiger partial charge in [-0.3, -0.25) is 4.68 Å². The fraction of sp³-hybridized carbons (Fsp3) is 0.320. The van der Waals surface area contributed by atoms with Crippen LogP contribution < -0.4 is 10.2 Å². The lowest BCUT2D eigenvalue weighted by Crippen LogP contribution is -2.25. The van der Waals surface area contributed by atoms with E-state index in [0.717, 1.165) is 47.3 Å². The van der Waals surface area contributed by atoms with Crippen molar-refractivity contribution in [2.75, 3.05) is 23.3 Å². The minimum Gasteiger partial charge on any atom is -0.366 e. The highest BCUT2D eigenvalue weighted by Gasteiger charge is 2.33. The first-order valence-electron chi connectivity index (χ1n) is 11.2. The summed E-state index contributed by atoms with van der Waals surface area (Å²) in [5.41, 5.74) is 2.58. The van der Waals surface area contributed by atoms with Crippen LogP contribution in [0.5, 0.6) is 0 Å². The minimum absolute atomic E-state index is 0.111. The molecule has 0 spiro atoms. The topological polar surface area (TPSA) is 58.9 Å². The van der Waals surface area contributed by atoms with Gasteiger partial charge in [-0.25, -0.2) is 9.97 Å². The van der Waals surface area contributed by atoms with Gasteiger partial charge in [0, 0.05) is 49.4 Å². The van der Waals surface area contributed by atoms with Crippen molar-refractivity contribution in [2.45, 2.75) is 33.5 Å². The molecule has 3 heterocycles. The maximum Gasteiger partial charge on any atom is 0.417 e. The number of anilines is 2. The molecule has 0 unspecified atom stereocenters. The summed E-state index contributed by atoms with van der Waals surface area (Å²) in [6.45, 7) is 8.21. The van der Waals surface area contributed by atoms with E-state index >= 15 is 0 Å². The Morgan fingerprint density at radius 2 is 1.79 bits per heavy atom. The predicted molar refractivity (Wildman–Crippen MR) is 129 cm³/mol. The Balaban J connectivity index is 1.61. The van der Waals surface area contributed by atoms with Crippen molar-refractivity contribution in [3.63, 3.8) is 0 Å². The van der Waals surface area contributed by atoms with Crippen molar-refractivity contribution in [3.8, 4) is 11.1 Å². The van der Waals surface area contributed by atoms with Crippen molar-refractivity contribution >= 4 is 22.7 Å². The highest BCUT2D eigenvalue weighted by Crippen LogP contribution is 2.37. The highest BCUT2D eigenvalue weighted by molar-refractivity contribution is 5.81. The predicted octanol–water partition coefficient (Wildman–Crippen LogP) is 5.82. The normalized spacial score (nSPS) is 11.7. The van der Waals surface area contributed by atoms with Crippen molar-refractivity contribution in [1.82, 2.24) is 19.7 Å². The molecule has 0 fully saturated rings. The lowest BCUT2D eigenvalue weighted by Gasteiger charge is -2.23. The van der Waals surface area contributed by atoms with Gasteiger partial charge in [0.15, 0.2) is 5.65 Å². The number of fused-ring (bicyclic) bond motifs is 1. The summed E-state index contributed by atoms with van der Waals surface area (Å²) in [7, 11) is 1.88. The van der Waals surface area contributed by atoms with E-state index in [1.165, 1.54) is 18.3 Å². The molecular formula is C25H27F3N6. The number of aryl methyl sites for hydroxylation is 2. The van der Waals surface area contributed by atoms with Crippen molar-refractivity contribution in [2.24, 2.45) is 7.05 Å². The molecule has 0 aliphatic rings. The average molecular weight is 469 g/mol. The maximum atomic E-state index is 13.4. The van der Waals surface area contributed by atoms with Crippen LogP contribution in [0.3, 0.4) is 0 Å². The molecule has 0 aliphatic heterocycles. The van der Waals surface area contributed by atoms with E-state index in [0.29, 0.717) is 17.9 Å². The molecule has 3 aromatic heterocycles. The second kappa shape index (κ2) is 9.32. The molecule has 0 amide bonds. The van der Waals surface area contributed by atoms with Crippen LogP contribution in [0.4, 0.5) is 24.8 Å². The molecule has 0 atom stereocenters. The van der Waals surface area contributed by atoms with E-state index < -0.39 is 11.7 Å². The molecule has 4 rings (SSSR count). The zero-order valence-electron chi connectivity index (χ0n) is 19.6. The van der Waals surface area contributed by atoms with E-state index in [9.17, 15) is 13.2 Å². The molecule has 6 nitrogen and oxygen atoms in total. The summed E-state index contributed by atoms with van der Waals surface area (Å²) >= 11 is 0. The summed E-state index contributed by atoms with van der Waals surface area (Å²) in [4.78, 5) is 11.4. The van der Waals surface area contributed by atoms with Crippen LogP contribution in [-0.2, 0) is 19.8 Å². The maximum absolute atomic E-state index is 13.4. The quantitative estimate of drug-likeness (QED) is 0.371. The highest BCUT2D eigenvalue weighted by atomic mass is 19.4. The number of rotatable bonds is 7. The van der Waals surface area contributed by atoms with Crippen molar-refractivity contribution < 1.29 is 13.2 Å². The fourth-order valence-electron chi connectivity index (χ4n) is 4.13. The van der Waals surface area contributed by atoms with Gasteiger partial charge in [0.05, 0.1) is 11.3 Å². The number of benzene rings is 1. The molecule has 0 aliphatic carbocycles. The molecule has 4 aromatic rings. The Bertz CT molecular complexity index is 1290. The van der Waals surface area contributed by atoms with Crippen molar-refractivity contribution in [3.05, 3.63) is 65.5 Å². The van der Waals surface area contributed by atoms with Crippen LogP contribution in [0.25, 0.3) is 22.2 Å². The fourth-order valence-corrected chi connectivity index (χ4v) is 4.13. The first kappa shape index (κ1) is 23.5. The Morgan fingerprint density at radius 3 is 2.44 bits per heavy atom. The number of hydrogen-bond donors (Lipinski definition) is 1. The van der Waals surface area contributed by atoms with Gasteiger partial charge < -0.3 is 10.2 Å². The second-order valence-corrected chi connectivity index (χ2v) is 8.05. The molecule has 0 saturated carbocycles. The number of pyridine rings is 2. The van der Waals surface area contributed by atoms with Crippen molar-refractivity contribution in [1.29, 1.82) is 0 Å². The van der Waals surface area contributed by atoms with Gasteiger partial charge in [-0.05, 0) is 50.6 Å². The zero-order valence-corrected chi connectivity index (χ0v) is 19.6. The van der Waals surface area contributed by atoms with Crippen LogP contribution in [0.1, 0.15) is 30.7 Å². The van der Waals surface area contributed by atoms with Gasteiger partial charge in [0.1, 0.15) is 11.6 Å². The first-order chi connectivity index (χ1) is 16.2. The molecule has 34 heavy (non-hydrogen) atoms. The van der Waals surface area contributed by atoms with Crippen LogP contribution in [0.15, 0.2) is 48.7 Å². The summed E-state index contributed by atoms with van der Waals surface area (Å²) in [5.74, 6) is 1.45. The van der Waals surface area contributed by atoms with Gasteiger partial charge in [-0.15, -0.1) is 0 Å². The molecule has 1 aromatic carbocycles. The molecule has 178 valence electrons. The number of nitrogens with zero attached hydrogens (tertiary/aromatic N) is 5. The Kier molecular flexibility index (Phi) is 6.45. The summed E-state index contributed by atoms with van der Waals surface area (Å²) in [5, 5.41) is 8.77. The number of nitrogens with one attached hydrogen (secondary N) is 1. The molecular weight excluding hydrogens is 441 g/mol. The van der Waals surface area contributed by atoms with E-state index in [1.807, 2.05) is 14.0 Å². The molecule has 1 N–H and O–H groups in total. The first-order valence-corrected chi connectivity index (χ1v) is 11.2. The van der Waals surface area contributed by atoms with Crippen LogP contribution in [0, 0.1) is 6.92 Å². The van der Waals surface area contributed by atoms with E-state index in [1.54, 1.807) is 22.9 Å². The van der Waals surface area contributed by atoms with E-state index in [-0.39, 0.29) is 5.56 Å². The Labute approximate surface area is 196 Å². The Morgan fingerprint density at radius 1 is 1.06 bits per heavy atom. The average Bonchev–Trinajstić information content (AvgIpc) is 3.10. The zero-order chi connectivity index (χ0) is 24.5. The Hall–Kier alpha value is -3.62. The smallest absolute Gasteiger partial charge is 0.366 e. The van der Waals surface area contributed by atoms with Crippen LogP contribution >= 0.6 is 0 Å². The monoisotopic (exact) mass is 468 g/mol. The number of hydrogen-bond acceptors (Lipinski definition) is 5. The summed E-state index contributed by atoms with van der Waals surface area (Å²) in [6.07, 6.45) is -2.96. The SMILES string of the molecule is CCN(CC)c1nc2c(cc1CNc1ccc(-c3ccccc3C(F)(F)F)cn1)c(C)nn2C. The minimum atomic E-state index is -4.43. The van der Waals surface area contributed by atoms with E-state index in [2.05, 4.69) is 40.2 Å². The van der Waals surface area contributed by atoms with Gasteiger partial charge in [0.25, 0.3) is 0 Å². The van der Waals surface area contributed by atoms with Gasteiger partial charge in [-0.2, -0.15) is 18.3 Å². The van der Waals surface area contributed by atoms with Gasteiger partial charge >= 0.3 is 6.18 Å². The standard InChI is InChI=1S/C25H27F3N6/c1-5-34(6-2)23-18(13-20-16(3)32-33(4)24(20)31-23)15-30-22-12-11-17(14-29-22)19-9-7-8-10-21(19)25(26,27)28/h7-14H,5-6,15H2,1-4H3,(H,29,30). The molecule has 9 heteroatoms. The number of alkyl halides is 3. The van der Waals surface area contributed by atoms with Gasteiger partial charge in [0.2, 0.25) is 0 Å². The van der Waals surface area contributed by atoms with Crippen LogP contribution in [0.2, 0.25) is 0 Å². The lowest BCUT2D eigenvalue weighted by molar-refractivity contribution is -0.137. The number of halogens is 3. The summed E-state index contributed by atoms with van der Waals surface area (Å²) < 4.78 is 41.9. The third kappa shape index (κ3) is 4.55. The molecule has 0 radical (unpaired) electrons. The largest absolute Gasteiger partial charge is 0.417 e. The number of aromatic nitrogens is 4. The summed E-state index contributed by atoms with van der Waals surface area (Å²) in [6, 6.07) is 11.0.